The molecule has 0 saturated heterocycles. The Morgan fingerprint density at radius 1 is 1.23 bits per heavy atom. The van der Waals surface area contributed by atoms with Gasteiger partial charge in [0.2, 0.25) is 11.7 Å². The van der Waals surface area contributed by atoms with Crippen molar-refractivity contribution in [3.05, 3.63) is 58.2 Å². The Kier molecular flexibility index (Phi) is 4.88. The van der Waals surface area contributed by atoms with Crippen molar-refractivity contribution in [3.63, 3.8) is 0 Å². The molecule has 1 N–H and O–H groups in total. The molecule has 2 heterocycles. The first kappa shape index (κ1) is 17.5. The third-order valence-corrected chi connectivity index (χ3v) is 4.08. The average Bonchev–Trinajstić information content (AvgIpc) is 2.65. The van der Waals surface area contributed by atoms with Gasteiger partial charge in [0.1, 0.15) is 0 Å². The van der Waals surface area contributed by atoms with E-state index < -0.39 is 5.63 Å². The minimum absolute atomic E-state index is 0.104. The second kappa shape index (κ2) is 7.26. The summed E-state index contributed by atoms with van der Waals surface area (Å²) in [5.41, 5.74) is 1.24. The van der Waals surface area contributed by atoms with E-state index in [2.05, 4.69) is 10.3 Å². The summed E-state index contributed by atoms with van der Waals surface area (Å²) >= 11 is 0. The number of anilines is 1. The average molecular weight is 354 g/mol. The molecule has 0 aliphatic rings. The number of benzene rings is 1. The molecule has 0 unspecified atom stereocenters. The fourth-order valence-corrected chi connectivity index (χ4v) is 2.77. The highest BCUT2D eigenvalue weighted by Gasteiger charge is 2.19. The molecule has 26 heavy (non-hydrogen) atoms. The Hall–Kier alpha value is -3.35. The third kappa shape index (κ3) is 3.23. The molecule has 3 rings (SSSR count). The number of amides is 1. The van der Waals surface area contributed by atoms with Gasteiger partial charge in [0, 0.05) is 11.6 Å². The van der Waals surface area contributed by atoms with Crippen LogP contribution >= 0.6 is 0 Å². The summed E-state index contributed by atoms with van der Waals surface area (Å²) in [6.07, 6.45) is 3.04. The fourth-order valence-electron chi connectivity index (χ4n) is 2.77. The van der Waals surface area contributed by atoms with Crippen molar-refractivity contribution < 1.29 is 18.7 Å². The summed E-state index contributed by atoms with van der Waals surface area (Å²) in [4.78, 5) is 28.7. The zero-order chi connectivity index (χ0) is 18.7. The number of nitrogens with one attached hydrogen (secondary N) is 1. The molecule has 0 saturated carbocycles. The molecule has 0 radical (unpaired) electrons. The van der Waals surface area contributed by atoms with E-state index >= 15 is 0 Å². The van der Waals surface area contributed by atoms with Gasteiger partial charge in [-0.3, -0.25) is 9.78 Å². The maximum atomic E-state index is 12.5. The van der Waals surface area contributed by atoms with Gasteiger partial charge in [0.05, 0.1) is 38.1 Å². The molecule has 0 aliphatic carbocycles. The summed E-state index contributed by atoms with van der Waals surface area (Å²) in [6.45, 7) is 1.78. The molecule has 0 aliphatic heterocycles. The predicted octanol–water partition coefficient (Wildman–Crippen LogP) is 2.69. The number of pyridine rings is 1. The number of ether oxygens (including phenoxy) is 2. The highest BCUT2D eigenvalue weighted by atomic mass is 16.5. The molecule has 1 aromatic carbocycles. The van der Waals surface area contributed by atoms with Crippen molar-refractivity contribution in [1.29, 1.82) is 0 Å². The van der Waals surface area contributed by atoms with E-state index in [1.807, 2.05) is 0 Å². The van der Waals surface area contributed by atoms with Gasteiger partial charge in [0.15, 0.2) is 11.3 Å². The van der Waals surface area contributed by atoms with Crippen molar-refractivity contribution >= 4 is 22.6 Å². The van der Waals surface area contributed by atoms with Gasteiger partial charge in [-0.05, 0) is 36.8 Å². The number of hydrogen-bond acceptors (Lipinski definition) is 6. The van der Waals surface area contributed by atoms with Crippen molar-refractivity contribution in [3.8, 4) is 11.5 Å². The molecule has 0 fully saturated rings. The zero-order valence-corrected chi connectivity index (χ0v) is 14.7. The molecule has 2 aromatic heterocycles. The van der Waals surface area contributed by atoms with E-state index in [4.69, 9.17) is 13.9 Å². The highest BCUT2D eigenvalue weighted by Crippen LogP contribution is 2.36. The molecule has 0 bridgehead atoms. The first-order valence-electron chi connectivity index (χ1n) is 7.92. The number of fused-ring (bicyclic) bond motifs is 1. The lowest BCUT2D eigenvalue weighted by molar-refractivity contribution is -0.115. The predicted molar refractivity (Wildman–Crippen MR) is 96.9 cm³/mol. The number of rotatable bonds is 5. The SMILES string of the molecule is COc1ccc2c(C)c(CC(=O)Nc3cccnc3)c(=O)oc2c1OC. The van der Waals surface area contributed by atoms with E-state index in [9.17, 15) is 9.59 Å². The van der Waals surface area contributed by atoms with Crippen LogP contribution in [0.1, 0.15) is 11.1 Å². The monoisotopic (exact) mass is 354 g/mol. The summed E-state index contributed by atoms with van der Waals surface area (Å²) in [6, 6.07) is 6.94. The van der Waals surface area contributed by atoms with Gasteiger partial charge in [-0.1, -0.05) is 0 Å². The van der Waals surface area contributed by atoms with Gasteiger partial charge in [-0.2, -0.15) is 0 Å². The minimum Gasteiger partial charge on any atom is -0.493 e. The number of aryl methyl sites for hydroxylation is 1. The van der Waals surface area contributed by atoms with E-state index in [-0.39, 0.29) is 12.3 Å². The second-order valence-corrected chi connectivity index (χ2v) is 5.64. The molecule has 1 amide bonds. The molecule has 134 valence electrons. The largest absolute Gasteiger partial charge is 0.493 e. The molecule has 0 atom stereocenters. The van der Waals surface area contributed by atoms with E-state index in [1.165, 1.54) is 20.4 Å². The van der Waals surface area contributed by atoms with Crippen LogP contribution < -0.4 is 20.4 Å². The normalized spacial score (nSPS) is 10.6. The number of hydrogen-bond donors (Lipinski definition) is 1. The van der Waals surface area contributed by atoms with E-state index in [0.29, 0.717) is 39.3 Å². The van der Waals surface area contributed by atoms with Crippen LogP contribution in [0.15, 0.2) is 45.9 Å². The van der Waals surface area contributed by atoms with Gasteiger partial charge < -0.3 is 19.2 Å². The number of aromatic nitrogens is 1. The smallest absolute Gasteiger partial charge is 0.340 e. The van der Waals surface area contributed by atoms with Crippen LogP contribution in [0, 0.1) is 6.92 Å². The van der Waals surface area contributed by atoms with Crippen LogP contribution in [-0.2, 0) is 11.2 Å². The zero-order valence-electron chi connectivity index (χ0n) is 14.7. The molecular weight excluding hydrogens is 336 g/mol. The van der Waals surface area contributed by atoms with Crippen LogP contribution in [0.5, 0.6) is 11.5 Å². The quantitative estimate of drug-likeness (QED) is 0.709. The standard InChI is InChI=1S/C19H18N2O5/c1-11-13-6-7-15(24-2)18(25-3)17(13)26-19(23)14(11)9-16(22)21-12-5-4-8-20-10-12/h4-8,10H,9H2,1-3H3,(H,21,22). The summed E-state index contributed by atoms with van der Waals surface area (Å²) in [7, 11) is 2.98. The first-order valence-corrected chi connectivity index (χ1v) is 7.92. The number of nitrogens with zero attached hydrogens (tertiary/aromatic N) is 1. The summed E-state index contributed by atoms with van der Waals surface area (Å²) in [5, 5.41) is 3.39. The van der Waals surface area contributed by atoms with Gasteiger partial charge in [-0.25, -0.2) is 4.79 Å². The maximum absolute atomic E-state index is 12.5. The molecule has 7 nitrogen and oxygen atoms in total. The topological polar surface area (TPSA) is 90.7 Å². The molecule has 0 spiro atoms. The lowest BCUT2D eigenvalue weighted by Crippen LogP contribution is -2.20. The van der Waals surface area contributed by atoms with Gasteiger partial charge in [0.25, 0.3) is 0 Å². The van der Waals surface area contributed by atoms with Gasteiger partial charge >= 0.3 is 5.63 Å². The lowest BCUT2D eigenvalue weighted by atomic mass is 10.0. The van der Waals surface area contributed by atoms with Crippen LogP contribution in [0.2, 0.25) is 0 Å². The summed E-state index contributed by atoms with van der Waals surface area (Å²) in [5.74, 6) is 0.481. The minimum atomic E-state index is -0.581. The van der Waals surface area contributed by atoms with Crippen molar-refractivity contribution in [1.82, 2.24) is 4.98 Å². The third-order valence-electron chi connectivity index (χ3n) is 4.08. The van der Waals surface area contributed by atoms with Gasteiger partial charge in [-0.15, -0.1) is 0 Å². The Morgan fingerprint density at radius 3 is 2.69 bits per heavy atom. The van der Waals surface area contributed by atoms with Crippen LogP contribution in [0.3, 0.4) is 0 Å². The second-order valence-electron chi connectivity index (χ2n) is 5.64. The Labute approximate surface area is 149 Å². The fraction of sp³-hybridized carbons (Fsp3) is 0.211. The Morgan fingerprint density at radius 2 is 2.04 bits per heavy atom. The Balaban J connectivity index is 1.99. The van der Waals surface area contributed by atoms with Crippen LogP contribution in [0.4, 0.5) is 5.69 Å². The van der Waals surface area contributed by atoms with Crippen molar-refractivity contribution in [2.24, 2.45) is 0 Å². The Bertz CT molecular complexity index is 1010. The van der Waals surface area contributed by atoms with Crippen molar-refractivity contribution in [2.45, 2.75) is 13.3 Å². The molecule has 3 aromatic rings. The number of carbonyl (C=O) groups excluding carboxylic acids is 1. The van der Waals surface area contributed by atoms with E-state index in [0.717, 1.165) is 0 Å². The lowest BCUT2D eigenvalue weighted by Gasteiger charge is -2.12. The number of carbonyl (C=O) groups is 1. The molecular formula is C19H18N2O5. The van der Waals surface area contributed by atoms with Crippen LogP contribution in [-0.4, -0.2) is 25.1 Å². The molecule has 7 heteroatoms. The van der Waals surface area contributed by atoms with E-state index in [1.54, 1.807) is 37.4 Å². The summed E-state index contributed by atoms with van der Waals surface area (Å²) < 4.78 is 16.0. The number of methoxy groups -OCH3 is 2. The van der Waals surface area contributed by atoms with Crippen molar-refractivity contribution in [2.75, 3.05) is 19.5 Å². The highest BCUT2D eigenvalue weighted by molar-refractivity contribution is 5.94. The first-order chi connectivity index (χ1) is 12.5. The maximum Gasteiger partial charge on any atom is 0.340 e. The van der Waals surface area contributed by atoms with Crippen LogP contribution in [0.25, 0.3) is 11.0 Å².